The lowest BCUT2D eigenvalue weighted by Crippen LogP contribution is -2.31. The first-order valence-electron chi connectivity index (χ1n) is 6.87. The zero-order chi connectivity index (χ0) is 15.1. The highest BCUT2D eigenvalue weighted by molar-refractivity contribution is 5.82. The van der Waals surface area contributed by atoms with Gasteiger partial charge in [0.2, 0.25) is 0 Å². The molecule has 1 aromatic rings. The molecule has 6 nitrogen and oxygen atoms in total. The number of rotatable bonds is 6. The lowest BCUT2D eigenvalue weighted by molar-refractivity contribution is -0.157. The Morgan fingerprint density at radius 3 is 2.71 bits per heavy atom. The number of hydrogen-bond donors (Lipinski definition) is 1. The molecule has 1 heterocycles. The molecule has 1 atom stereocenters. The van der Waals surface area contributed by atoms with Crippen LogP contribution in [-0.2, 0) is 25.6 Å². The predicted molar refractivity (Wildman–Crippen MR) is 74.8 cm³/mol. The van der Waals surface area contributed by atoms with E-state index in [2.05, 4.69) is 5.32 Å². The van der Waals surface area contributed by atoms with Crippen LogP contribution in [-0.4, -0.2) is 38.3 Å². The number of amides is 1. The topological polar surface area (TPSA) is 73.9 Å². The van der Waals surface area contributed by atoms with Gasteiger partial charge in [0.1, 0.15) is 5.75 Å². The third-order valence-electron chi connectivity index (χ3n) is 3.19. The van der Waals surface area contributed by atoms with Crippen LogP contribution in [0.3, 0.4) is 0 Å². The average molecular weight is 293 g/mol. The van der Waals surface area contributed by atoms with E-state index in [4.69, 9.17) is 14.2 Å². The summed E-state index contributed by atoms with van der Waals surface area (Å²) in [7, 11) is 1.60. The summed E-state index contributed by atoms with van der Waals surface area (Å²) in [6.07, 6.45) is 0.995. The van der Waals surface area contributed by atoms with Gasteiger partial charge in [0.05, 0.1) is 7.11 Å². The zero-order valence-electron chi connectivity index (χ0n) is 12.0. The highest BCUT2D eigenvalue weighted by atomic mass is 16.6. The molecular formula is C15H19NO5. The van der Waals surface area contributed by atoms with Crippen molar-refractivity contribution in [2.45, 2.75) is 25.5 Å². The summed E-state index contributed by atoms with van der Waals surface area (Å²) in [4.78, 5) is 23.2. The van der Waals surface area contributed by atoms with Crippen molar-refractivity contribution in [3.63, 3.8) is 0 Å². The molecule has 1 N–H and O–H groups in total. The molecule has 21 heavy (non-hydrogen) atoms. The van der Waals surface area contributed by atoms with Crippen molar-refractivity contribution in [2.24, 2.45) is 0 Å². The molecule has 1 aliphatic heterocycles. The number of nitrogens with one attached hydrogen (secondary N) is 1. The Morgan fingerprint density at radius 2 is 2.10 bits per heavy atom. The van der Waals surface area contributed by atoms with E-state index in [1.807, 2.05) is 24.3 Å². The quantitative estimate of drug-likeness (QED) is 0.793. The number of benzene rings is 1. The molecule has 0 saturated carbocycles. The van der Waals surface area contributed by atoms with E-state index in [0.717, 1.165) is 17.7 Å². The average Bonchev–Trinajstić information content (AvgIpc) is 3.05. The Labute approximate surface area is 123 Å². The van der Waals surface area contributed by atoms with Crippen LogP contribution in [0.5, 0.6) is 5.75 Å². The molecule has 1 aromatic carbocycles. The van der Waals surface area contributed by atoms with Crippen LogP contribution in [0, 0.1) is 0 Å². The Bertz CT molecular complexity index is 479. The van der Waals surface area contributed by atoms with Crippen molar-refractivity contribution in [1.82, 2.24) is 5.32 Å². The molecule has 6 heteroatoms. The monoisotopic (exact) mass is 293 g/mol. The second-order valence-electron chi connectivity index (χ2n) is 4.73. The number of methoxy groups -OCH3 is 1. The number of hydrogen-bond acceptors (Lipinski definition) is 5. The largest absolute Gasteiger partial charge is 0.497 e. The van der Waals surface area contributed by atoms with Gasteiger partial charge in [-0.25, -0.2) is 4.79 Å². The van der Waals surface area contributed by atoms with E-state index >= 15 is 0 Å². The SMILES string of the molecule is COc1ccc(CNC(=O)COC(=O)[C@@H]2CCCO2)cc1. The highest BCUT2D eigenvalue weighted by Crippen LogP contribution is 2.13. The van der Waals surface area contributed by atoms with E-state index < -0.39 is 12.1 Å². The normalized spacial score (nSPS) is 17.3. The van der Waals surface area contributed by atoms with Crippen molar-refractivity contribution in [3.8, 4) is 5.75 Å². The first-order valence-corrected chi connectivity index (χ1v) is 6.87. The van der Waals surface area contributed by atoms with Crippen LogP contribution in [0.4, 0.5) is 0 Å². The van der Waals surface area contributed by atoms with E-state index in [0.29, 0.717) is 19.6 Å². The maximum Gasteiger partial charge on any atom is 0.335 e. The molecule has 0 radical (unpaired) electrons. The van der Waals surface area contributed by atoms with Gasteiger partial charge >= 0.3 is 5.97 Å². The fraction of sp³-hybridized carbons (Fsp3) is 0.467. The molecular weight excluding hydrogens is 274 g/mol. The molecule has 114 valence electrons. The smallest absolute Gasteiger partial charge is 0.335 e. The first kappa shape index (κ1) is 15.3. The second kappa shape index (κ2) is 7.64. The Hall–Kier alpha value is -2.08. The van der Waals surface area contributed by atoms with Crippen molar-refractivity contribution < 1.29 is 23.8 Å². The van der Waals surface area contributed by atoms with Crippen LogP contribution in [0.1, 0.15) is 18.4 Å². The molecule has 1 aliphatic rings. The molecule has 2 rings (SSSR count). The number of ether oxygens (including phenoxy) is 3. The van der Waals surface area contributed by atoms with E-state index in [1.165, 1.54) is 0 Å². The predicted octanol–water partition coefficient (Wildman–Crippen LogP) is 1.03. The minimum absolute atomic E-state index is 0.283. The zero-order valence-corrected chi connectivity index (χ0v) is 12.0. The molecule has 0 spiro atoms. The van der Waals surface area contributed by atoms with Gasteiger partial charge in [0.25, 0.3) is 5.91 Å². The van der Waals surface area contributed by atoms with Crippen LogP contribution < -0.4 is 10.1 Å². The Morgan fingerprint density at radius 1 is 1.33 bits per heavy atom. The third kappa shape index (κ3) is 4.75. The molecule has 0 bridgehead atoms. The van der Waals surface area contributed by atoms with E-state index in [-0.39, 0.29) is 12.5 Å². The first-order chi connectivity index (χ1) is 10.2. The van der Waals surface area contributed by atoms with Crippen molar-refractivity contribution >= 4 is 11.9 Å². The minimum Gasteiger partial charge on any atom is -0.497 e. The fourth-order valence-electron chi connectivity index (χ4n) is 1.99. The van der Waals surface area contributed by atoms with Gasteiger partial charge < -0.3 is 19.5 Å². The van der Waals surface area contributed by atoms with Crippen molar-refractivity contribution in [3.05, 3.63) is 29.8 Å². The molecule has 1 fully saturated rings. The summed E-state index contributed by atoms with van der Waals surface area (Å²) in [5, 5.41) is 2.68. The summed E-state index contributed by atoms with van der Waals surface area (Å²) < 4.78 is 15.1. The summed E-state index contributed by atoms with van der Waals surface area (Å²) in [5.41, 5.74) is 0.939. The summed E-state index contributed by atoms with van der Waals surface area (Å²) in [5.74, 6) is -0.0418. The Balaban J connectivity index is 1.67. The van der Waals surface area contributed by atoms with Gasteiger partial charge in [-0.2, -0.15) is 0 Å². The third-order valence-corrected chi connectivity index (χ3v) is 3.19. The van der Waals surface area contributed by atoms with Crippen molar-refractivity contribution in [1.29, 1.82) is 0 Å². The molecule has 0 aromatic heterocycles. The van der Waals surface area contributed by atoms with Gasteiger partial charge in [-0.15, -0.1) is 0 Å². The number of carbonyl (C=O) groups excluding carboxylic acids is 2. The van der Waals surface area contributed by atoms with Crippen LogP contribution in [0.15, 0.2) is 24.3 Å². The molecule has 1 saturated heterocycles. The fourth-order valence-corrected chi connectivity index (χ4v) is 1.99. The molecule has 1 amide bonds. The van der Waals surface area contributed by atoms with Crippen LogP contribution in [0.2, 0.25) is 0 Å². The summed E-state index contributed by atoms with van der Waals surface area (Å²) >= 11 is 0. The highest BCUT2D eigenvalue weighted by Gasteiger charge is 2.25. The van der Waals surface area contributed by atoms with Crippen LogP contribution in [0.25, 0.3) is 0 Å². The van der Waals surface area contributed by atoms with Gasteiger partial charge in [0, 0.05) is 13.2 Å². The van der Waals surface area contributed by atoms with Gasteiger partial charge in [0.15, 0.2) is 12.7 Å². The van der Waals surface area contributed by atoms with Crippen LogP contribution >= 0.6 is 0 Å². The number of carbonyl (C=O) groups is 2. The van der Waals surface area contributed by atoms with Gasteiger partial charge in [-0.1, -0.05) is 12.1 Å². The lowest BCUT2D eigenvalue weighted by atomic mass is 10.2. The maximum absolute atomic E-state index is 11.6. The summed E-state index contributed by atoms with van der Waals surface area (Å²) in [6, 6.07) is 7.35. The van der Waals surface area contributed by atoms with Gasteiger partial charge in [-0.3, -0.25) is 4.79 Å². The Kier molecular flexibility index (Phi) is 5.57. The van der Waals surface area contributed by atoms with E-state index in [1.54, 1.807) is 7.11 Å². The maximum atomic E-state index is 11.6. The lowest BCUT2D eigenvalue weighted by Gasteiger charge is -2.10. The van der Waals surface area contributed by atoms with Crippen molar-refractivity contribution in [2.75, 3.05) is 20.3 Å². The number of esters is 1. The molecule has 0 aliphatic carbocycles. The molecule has 0 unspecified atom stereocenters. The second-order valence-corrected chi connectivity index (χ2v) is 4.73. The van der Waals surface area contributed by atoms with Gasteiger partial charge in [-0.05, 0) is 30.5 Å². The standard InChI is InChI=1S/C15H19NO5/c1-19-12-6-4-11(5-7-12)9-16-14(17)10-21-15(18)13-3-2-8-20-13/h4-7,13H,2-3,8-10H2,1H3,(H,16,17)/t13-/m0/s1. The minimum atomic E-state index is -0.514. The summed E-state index contributed by atoms with van der Waals surface area (Å²) in [6.45, 7) is 0.665. The van der Waals surface area contributed by atoms with E-state index in [9.17, 15) is 9.59 Å².